The van der Waals surface area contributed by atoms with Crippen LogP contribution in [-0.4, -0.2) is 70.7 Å². The van der Waals surface area contributed by atoms with Crippen molar-refractivity contribution in [3.05, 3.63) is 35.9 Å². The van der Waals surface area contributed by atoms with Crippen molar-refractivity contribution in [2.24, 2.45) is 5.92 Å². The molecule has 7 nitrogen and oxygen atoms in total. The number of carbonyl (C=O) groups excluding carboxylic acids is 3. The first-order chi connectivity index (χ1) is 14.5. The molecule has 0 aliphatic carbocycles. The zero-order chi connectivity index (χ0) is 21.3. The molecule has 158 valence electrons. The quantitative estimate of drug-likeness (QED) is 0.746. The molecule has 7 heteroatoms. The van der Waals surface area contributed by atoms with Crippen LogP contribution in [0.15, 0.2) is 30.3 Å². The first-order valence-corrected chi connectivity index (χ1v) is 10.8. The summed E-state index contributed by atoms with van der Waals surface area (Å²) in [5.74, 6) is -0.284. The van der Waals surface area contributed by atoms with Gasteiger partial charge in [0.25, 0.3) is 0 Å². The van der Waals surface area contributed by atoms with E-state index in [4.69, 9.17) is 0 Å². The molecule has 4 rings (SSSR count). The number of hydrogen-bond donors (Lipinski definition) is 0. The van der Waals surface area contributed by atoms with Crippen molar-refractivity contribution < 1.29 is 14.4 Å². The predicted octanol–water partition coefficient (Wildman–Crippen LogP) is 1.75. The molecular weight excluding hydrogens is 380 g/mol. The van der Waals surface area contributed by atoms with Crippen LogP contribution in [-0.2, 0) is 14.4 Å². The fourth-order valence-electron chi connectivity index (χ4n) is 5.23. The van der Waals surface area contributed by atoms with Crippen LogP contribution >= 0.6 is 0 Å². The van der Waals surface area contributed by atoms with Gasteiger partial charge in [0.15, 0.2) is 0 Å². The van der Waals surface area contributed by atoms with Crippen molar-refractivity contribution in [1.29, 1.82) is 5.26 Å². The van der Waals surface area contributed by atoms with Crippen molar-refractivity contribution >= 4 is 17.7 Å². The van der Waals surface area contributed by atoms with E-state index in [1.54, 1.807) is 21.6 Å². The Morgan fingerprint density at radius 1 is 1.07 bits per heavy atom. The molecule has 3 saturated heterocycles. The lowest BCUT2D eigenvalue weighted by atomic mass is 9.90. The lowest BCUT2D eigenvalue weighted by Crippen LogP contribution is -2.54. The largest absolute Gasteiger partial charge is 0.341 e. The fraction of sp³-hybridized carbons (Fsp3) is 0.565. The summed E-state index contributed by atoms with van der Waals surface area (Å²) in [4.78, 5) is 43.5. The van der Waals surface area contributed by atoms with Crippen molar-refractivity contribution in [3.63, 3.8) is 0 Å². The molecule has 4 atom stereocenters. The average molecular weight is 409 g/mol. The maximum absolute atomic E-state index is 13.4. The summed E-state index contributed by atoms with van der Waals surface area (Å²) < 4.78 is 0. The van der Waals surface area contributed by atoms with Gasteiger partial charge in [-0.25, -0.2) is 0 Å². The lowest BCUT2D eigenvalue weighted by Gasteiger charge is -2.36. The third-order valence-electron chi connectivity index (χ3n) is 6.80. The molecule has 1 aromatic rings. The second-order valence-corrected chi connectivity index (χ2v) is 8.61. The van der Waals surface area contributed by atoms with E-state index in [0.29, 0.717) is 45.4 Å². The summed E-state index contributed by atoms with van der Waals surface area (Å²) in [6.07, 6.45) is 2.32. The number of carbonyl (C=O) groups is 3. The second kappa shape index (κ2) is 8.47. The average Bonchev–Trinajstić information content (AvgIpc) is 3.35. The van der Waals surface area contributed by atoms with Gasteiger partial charge >= 0.3 is 0 Å². The van der Waals surface area contributed by atoms with Gasteiger partial charge in [-0.3, -0.25) is 14.4 Å². The lowest BCUT2D eigenvalue weighted by molar-refractivity contribution is -0.147. The van der Waals surface area contributed by atoms with Crippen LogP contribution in [0.4, 0.5) is 0 Å². The molecule has 0 bridgehead atoms. The van der Waals surface area contributed by atoms with E-state index in [-0.39, 0.29) is 35.6 Å². The van der Waals surface area contributed by atoms with Crippen LogP contribution in [0.1, 0.15) is 44.1 Å². The molecule has 3 fully saturated rings. The highest BCUT2D eigenvalue weighted by molar-refractivity contribution is 5.89. The number of amides is 3. The summed E-state index contributed by atoms with van der Waals surface area (Å²) in [6, 6.07) is 11.7. The number of likely N-dealkylation sites (tertiary alicyclic amines) is 1. The Labute approximate surface area is 177 Å². The highest BCUT2D eigenvalue weighted by Crippen LogP contribution is 2.35. The van der Waals surface area contributed by atoms with Gasteiger partial charge in [-0.05, 0) is 24.8 Å². The molecule has 3 amide bonds. The molecule has 3 aliphatic heterocycles. The third-order valence-corrected chi connectivity index (χ3v) is 6.80. The van der Waals surface area contributed by atoms with Crippen LogP contribution in [0, 0.1) is 17.2 Å². The fourth-order valence-corrected chi connectivity index (χ4v) is 5.23. The minimum atomic E-state index is -0.483. The Balaban J connectivity index is 1.51. The number of nitrogens with zero attached hydrogens (tertiary/aromatic N) is 4. The zero-order valence-electron chi connectivity index (χ0n) is 17.4. The summed E-state index contributed by atoms with van der Waals surface area (Å²) in [6.45, 7) is 3.56. The number of nitriles is 1. The second-order valence-electron chi connectivity index (χ2n) is 8.61. The topological polar surface area (TPSA) is 84.7 Å². The Morgan fingerprint density at radius 3 is 2.53 bits per heavy atom. The molecule has 1 unspecified atom stereocenters. The van der Waals surface area contributed by atoms with Gasteiger partial charge in [0, 0.05) is 45.4 Å². The van der Waals surface area contributed by atoms with Gasteiger partial charge in [0.2, 0.25) is 17.7 Å². The molecule has 0 spiro atoms. The first-order valence-electron chi connectivity index (χ1n) is 10.8. The van der Waals surface area contributed by atoms with Gasteiger partial charge in [-0.15, -0.1) is 0 Å². The van der Waals surface area contributed by atoms with E-state index in [0.717, 1.165) is 12.0 Å². The van der Waals surface area contributed by atoms with Crippen LogP contribution in [0.25, 0.3) is 0 Å². The van der Waals surface area contributed by atoms with Gasteiger partial charge in [0.05, 0.1) is 18.0 Å². The van der Waals surface area contributed by atoms with Gasteiger partial charge < -0.3 is 14.7 Å². The molecule has 0 radical (unpaired) electrons. The van der Waals surface area contributed by atoms with E-state index in [2.05, 4.69) is 6.07 Å². The molecule has 30 heavy (non-hydrogen) atoms. The summed E-state index contributed by atoms with van der Waals surface area (Å²) in [5.41, 5.74) is 1.07. The van der Waals surface area contributed by atoms with Crippen LogP contribution in [0.3, 0.4) is 0 Å². The minimum Gasteiger partial charge on any atom is -0.341 e. The van der Waals surface area contributed by atoms with E-state index < -0.39 is 6.04 Å². The van der Waals surface area contributed by atoms with Gasteiger partial charge in [0.1, 0.15) is 6.04 Å². The van der Waals surface area contributed by atoms with E-state index in [1.807, 2.05) is 30.3 Å². The number of fused-ring (bicyclic) bond motifs is 1. The van der Waals surface area contributed by atoms with E-state index in [9.17, 15) is 19.6 Å². The van der Waals surface area contributed by atoms with Gasteiger partial charge in [-0.1, -0.05) is 30.3 Å². The monoisotopic (exact) mass is 408 g/mol. The van der Waals surface area contributed by atoms with E-state index in [1.165, 1.54) is 0 Å². The highest BCUT2D eigenvalue weighted by atomic mass is 16.2. The molecule has 0 saturated carbocycles. The highest BCUT2D eigenvalue weighted by Gasteiger charge is 2.46. The maximum Gasteiger partial charge on any atom is 0.245 e. The predicted molar refractivity (Wildman–Crippen MR) is 110 cm³/mol. The molecule has 1 aromatic carbocycles. The van der Waals surface area contributed by atoms with E-state index >= 15 is 0 Å². The maximum atomic E-state index is 13.4. The summed E-state index contributed by atoms with van der Waals surface area (Å²) >= 11 is 0. The smallest absolute Gasteiger partial charge is 0.245 e. The Bertz CT molecular complexity index is 865. The summed E-state index contributed by atoms with van der Waals surface area (Å²) in [5, 5.41) is 9.65. The molecular formula is C23H28N4O3. The number of hydrogen-bond acceptors (Lipinski definition) is 4. The Hall–Kier alpha value is -2.88. The van der Waals surface area contributed by atoms with Crippen molar-refractivity contribution in [2.75, 3.05) is 26.2 Å². The van der Waals surface area contributed by atoms with Crippen LogP contribution in [0.2, 0.25) is 0 Å². The third kappa shape index (κ3) is 3.79. The number of benzene rings is 1. The number of rotatable bonds is 2. The van der Waals surface area contributed by atoms with Crippen molar-refractivity contribution in [3.8, 4) is 6.07 Å². The first kappa shape index (κ1) is 20.4. The SMILES string of the molecule is CC(=O)N1CCCC(=O)N2[C@H](CC[C@H]2C(=O)N2CC(c3ccccc3)[C@@H](C#N)C2)C1. The normalized spacial score (nSPS) is 29.2. The van der Waals surface area contributed by atoms with Crippen LogP contribution < -0.4 is 0 Å². The molecule has 0 aromatic heterocycles. The van der Waals surface area contributed by atoms with Crippen molar-refractivity contribution in [1.82, 2.24) is 14.7 Å². The van der Waals surface area contributed by atoms with Crippen molar-refractivity contribution in [2.45, 2.75) is 50.6 Å². The van der Waals surface area contributed by atoms with Gasteiger partial charge in [-0.2, -0.15) is 5.26 Å². The minimum absolute atomic E-state index is 0.00594. The standard InChI is InChI=1S/C23H28N4O3/c1-16(28)25-11-5-8-22(29)27-19(14-25)9-10-21(27)23(30)26-13-18(12-24)20(15-26)17-6-3-2-4-7-17/h2-4,6-7,18-21H,5,8-11,13-15H2,1H3/t18-,19+,20?,21-/m0/s1. The van der Waals surface area contributed by atoms with Crippen LogP contribution in [0.5, 0.6) is 0 Å². The Morgan fingerprint density at radius 2 is 1.83 bits per heavy atom. The zero-order valence-corrected chi connectivity index (χ0v) is 17.4. The Kier molecular flexibility index (Phi) is 5.76. The molecule has 0 N–H and O–H groups in total. The molecule has 3 aliphatic rings. The summed E-state index contributed by atoms with van der Waals surface area (Å²) in [7, 11) is 0. The molecule has 3 heterocycles.